The third kappa shape index (κ3) is 2.44. The van der Waals surface area contributed by atoms with E-state index in [2.05, 4.69) is 52.8 Å². The Bertz CT molecular complexity index is 550. The van der Waals surface area contributed by atoms with Crippen molar-refractivity contribution in [2.45, 2.75) is 40.0 Å². The summed E-state index contributed by atoms with van der Waals surface area (Å²) in [6, 6.07) is 8.71. The van der Waals surface area contributed by atoms with Crippen molar-refractivity contribution in [1.82, 2.24) is 0 Å². The van der Waals surface area contributed by atoms with Gasteiger partial charge in [0.2, 0.25) is 0 Å². The summed E-state index contributed by atoms with van der Waals surface area (Å²) in [7, 11) is 0. The summed E-state index contributed by atoms with van der Waals surface area (Å²) in [6.07, 6.45) is 0. The lowest BCUT2D eigenvalue weighted by atomic mass is 9.83. The molecule has 96 valence electrons. The summed E-state index contributed by atoms with van der Waals surface area (Å²) in [5.74, 6) is 0. The van der Waals surface area contributed by atoms with E-state index in [9.17, 15) is 0 Å². The Labute approximate surface area is 114 Å². The molecule has 0 spiro atoms. The largest absolute Gasteiger partial charge is 0.391 e. The van der Waals surface area contributed by atoms with Crippen LogP contribution in [0.1, 0.15) is 37.5 Å². The fraction of sp³-hybridized carbons (Fsp3) is 0.375. The Morgan fingerprint density at radius 1 is 1.00 bits per heavy atom. The van der Waals surface area contributed by atoms with Gasteiger partial charge in [-0.15, -0.1) is 11.3 Å². The number of hydrogen-bond acceptors (Lipinski definition) is 2. The van der Waals surface area contributed by atoms with E-state index in [1.54, 1.807) is 11.3 Å². The van der Waals surface area contributed by atoms with Gasteiger partial charge in [0.1, 0.15) is 0 Å². The summed E-state index contributed by atoms with van der Waals surface area (Å²) in [5.41, 5.74) is 11.4. The fourth-order valence-electron chi connectivity index (χ4n) is 2.27. The van der Waals surface area contributed by atoms with E-state index in [1.807, 2.05) is 6.07 Å². The van der Waals surface area contributed by atoms with Crippen LogP contribution < -0.4 is 5.73 Å². The van der Waals surface area contributed by atoms with Gasteiger partial charge in [-0.1, -0.05) is 32.9 Å². The molecule has 0 unspecified atom stereocenters. The first-order chi connectivity index (χ1) is 8.29. The number of thiophene rings is 1. The first kappa shape index (κ1) is 13.2. The maximum Gasteiger partial charge on any atom is 0.0862 e. The number of nitrogens with two attached hydrogens (primary N) is 1. The average Bonchev–Trinajstić information content (AvgIpc) is 2.62. The molecule has 1 aromatic carbocycles. The smallest absolute Gasteiger partial charge is 0.0862 e. The van der Waals surface area contributed by atoms with Gasteiger partial charge >= 0.3 is 0 Å². The molecule has 0 amide bonds. The van der Waals surface area contributed by atoms with Gasteiger partial charge in [0, 0.05) is 4.88 Å². The molecule has 0 atom stereocenters. The SMILES string of the molecule is Cc1cc(C(C)(C)C)cc(C)c1-c1ccc(N)s1. The zero-order chi connectivity index (χ0) is 13.5. The lowest BCUT2D eigenvalue weighted by molar-refractivity contribution is 0.589. The Morgan fingerprint density at radius 3 is 1.94 bits per heavy atom. The Morgan fingerprint density at radius 2 is 1.56 bits per heavy atom. The van der Waals surface area contributed by atoms with Crippen LogP contribution in [0, 0.1) is 13.8 Å². The van der Waals surface area contributed by atoms with Crippen LogP contribution in [-0.2, 0) is 5.41 Å². The van der Waals surface area contributed by atoms with Crippen molar-refractivity contribution < 1.29 is 0 Å². The first-order valence-corrected chi connectivity index (χ1v) is 7.08. The van der Waals surface area contributed by atoms with Crippen LogP contribution in [0.3, 0.4) is 0 Å². The molecule has 1 heterocycles. The number of aryl methyl sites for hydroxylation is 2. The number of anilines is 1. The minimum atomic E-state index is 0.197. The zero-order valence-electron chi connectivity index (χ0n) is 11.8. The lowest BCUT2D eigenvalue weighted by Crippen LogP contribution is -2.11. The van der Waals surface area contributed by atoms with Crippen LogP contribution in [0.2, 0.25) is 0 Å². The molecule has 0 radical (unpaired) electrons. The molecule has 0 aliphatic rings. The normalized spacial score (nSPS) is 11.8. The van der Waals surface area contributed by atoms with E-state index in [4.69, 9.17) is 5.73 Å². The summed E-state index contributed by atoms with van der Waals surface area (Å²) in [6.45, 7) is 11.1. The van der Waals surface area contributed by atoms with Crippen LogP contribution in [0.5, 0.6) is 0 Å². The molecule has 2 heteroatoms. The Hall–Kier alpha value is -1.28. The molecule has 0 bridgehead atoms. The van der Waals surface area contributed by atoms with E-state index >= 15 is 0 Å². The van der Waals surface area contributed by atoms with Gasteiger partial charge < -0.3 is 5.73 Å². The molecule has 2 N–H and O–H groups in total. The molecule has 0 aliphatic carbocycles. The van der Waals surface area contributed by atoms with Crippen LogP contribution in [-0.4, -0.2) is 0 Å². The standard InChI is InChI=1S/C16H21NS/c1-10-8-12(16(3,4)5)9-11(2)15(10)13-6-7-14(17)18-13/h6-9H,17H2,1-5H3. The van der Waals surface area contributed by atoms with Crippen molar-refractivity contribution in [1.29, 1.82) is 0 Å². The van der Waals surface area contributed by atoms with Crippen molar-refractivity contribution in [2.75, 3.05) is 5.73 Å². The third-order valence-electron chi connectivity index (χ3n) is 3.27. The van der Waals surface area contributed by atoms with Gasteiger partial charge in [0.05, 0.1) is 5.00 Å². The molecule has 1 nitrogen and oxygen atoms in total. The average molecular weight is 259 g/mol. The van der Waals surface area contributed by atoms with E-state index < -0.39 is 0 Å². The van der Waals surface area contributed by atoms with Crippen molar-refractivity contribution in [3.05, 3.63) is 41.0 Å². The molecule has 2 rings (SSSR count). The van der Waals surface area contributed by atoms with Crippen LogP contribution >= 0.6 is 11.3 Å². The second kappa shape index (κ2) is 4.43. The number of hydrogen-bond donors (Lipinski definition) is 1. The quantitative estimate of drug-likeness (QED) is 0.773. The van der Waals surface area contributed by atoms with E-state index in [1.165, 1.54) is 27.1 Å². The van der Waals surface area contributed by atoms with Gasteiger partial charge in [-0.05, 0) is 53.6 Å². The van der Waals surface area contributed by atoms with Gasteiger partial charge in [0.15, 0.2) is 0 Å². The molecule has 2 aromatic rings. The van der Waals surface area contributed by atoms with Crippen LogP contribution in [0.4, 0.5) is 5.00 Å². The molecule has 0 aliphatic heterocycles. The summed E-state index contributed by atoms with van der Waals surface area (Å²) in [5, 5.41) is 0.878. The second-order valence-electron chi connectivity index (χ2n) is 5.94. The highest BCUT2D eigenvalue weighted by atomic mass is 32.1. The molecule has 18 heavy (non-hydrogen) atoms. The highest BCUT2D eigenvalue weighted by Crippen LogP contribution is 2.36. The third-order valence-corrected chi connectivity index (χ3v) is 4.20. The van der Waals surface area contributed by atoms with Crippen molar-refractivity contribution >= 4 is 16.3 Å². The lowest BCUT2D eigenvalue weighted by Gasteiger charge is -2.22. The molecular weight excluding hydrogens is 238 g/mol. The molecular formula is C16H21NS. The zero-order valence-corrected chi connectivity index (χ0v) is 12.6. The molecule has 0 saturated carbocycles. The number of rotatable bonds is 1. The minimum absolute atomic E-state index is 0.197. The highest BCUT2D eigenvalue weighted by Gasteiger charge is 2.17. The van der Waals surface area contributed by atoms with E-state index in [0.29, 0.717) is 0 Å². The predicted molar refractivity (Wildman–Crippen MR) is 82.3 cm³/mol. The van der Waals surface area contributed by atoms with Crippen LogP contribution in [0.15, 0.2) is 24.3 Å². The Balaban J connectivity index is 2.58. The number of nitrogen functional groups attached to an aromatic ring is 1. The second-order valence-corrected chi connectivity index (χ2v) is 7.05. The summed E-state index contributed by atoms with van der Waals surface area (Å²) < 4.78 is 0. The van der Waals surface area contributed by atoms with Crippen molar-refractivity contribution in [2.24, 2.45) is 0 Å². The monoisotopic (exact) mass is 259 g/mol. The molecule has 1 aromatic heterocycles. The molecule has 0 saturated heterocycles. The van der Waals surface area contributed by atoms with E-state index in [0.717, 1.165) is 5.00 Å². The topological polar surface area (TPSA) is 26.0 Å². The number of benzene rings is 1. The van der Waals surface area contributed by atoms with Crippen LogP contribution in [0.25, 0.3) is 10.4 Å². The maximum atomic E-state index is 5.83. The fourth-order valence-corrected chi connectivity index (χ4v) is 3.22. The summed E-state index contributed by atoms with van der Waals surface area (Å²) in [4.78, 5) is 1.27. The van der Waals surface area contributed by atoms with E-state index in [-0.39, 0.29) is 5.41 Å². The first-order valence-electron chi connectivity index (χ1n) is 6.26. The minimum Gasteiger partial charge on any atom is -0.391 e. The van der Waals surface area contributed by atoms with Gasteiger partial charge in [-0.2, -0.15) is 0 Å². The highest BCUT2D eigenvalue weighted by molar-refractivity contribution is 7.19. The Kier molecular flexibility index (Phi) is 3.24. The summed E-state index contributed by atoms with van der Waals surface area (Å²) >= 11 is 1.66. The van der Waals surface area contributed by atoms with Gasteiger partial charge in [0.25, 0.3) is 0 Å². The van der Waals surface area contributed by atoms with Crippen molar-refractivity contribution in [3.8, 4) is 10.4 Å². The van der Waals surface area contributed by atoms with Crippen molar-refractivity contribution in [3.63, 3.8) is 0 Å². The molecule has 0 fully saturated rings. The van der Waals surface area contributed by atoms with Gasteiger partial charge in [-0.25, -0.2) is 0 Å². The predicted octanol–water partition coefficient (Wildman–Crippen LogP) is 4.91. The van der Waals surface area contributed by atoms with Gasteiger partial charge in [-0.3, -0.25) is 0 Å². The maximum absolute atomic E-state index is 5.83.